The fourth-order valence-electron chi connectivity index (χ4n) is 2.54. The first-order chi connectivity index (χ1) is 12.2. The van der Waals surface area contributed by atoms with Gasteiger partial charge in [-0.25, -0.2) is 0 Å². The number of carbonyl (C=O) groups excluding carboxylic acids is 2. The molecule has 0 radical (unpaired) electrons. The van der Waals surface area contributed by atoms with E-state index in [-0.39, 0.29) is 30.3 Å². The number of carbonyl (C=O) groups is 2. The second kappa shape index (κ2) is 7.91. The third kappa shape index (κ3) is 4.53. The molecule has 1 heterocycles. The Bertz CT molecular complexity index is 760. The maximum absolute atomic E-state index is 13.0. The van der Waals surface area contributed by atoms with Crippen molar-refractivity contribution in [1.29, 1.82) is 5.26 Å². The van der Waals surface area contributed by atoms with Gasteiger partial charge in [0.1, 0.15) is 11.6 Å². The molecule has 1 fully saturated rings. The molecule has 1 saturated heterocycles. The molecule has 0 atom stereocenters. The Kier molecular flexibility index (Phi) is 5.87. The molecule has 0 spiro atoms. The summed E-state index contributed by atoms with van der Waals surface area (Å²) in [6, 6.07) is 6.50. The number of halogens is 3. The third-order valence-electron chi connectivity index (χ3n) is 3.97. The number of amides is 2. The van der Waals surface area contributed by atoms with Gasteiger partial charge in [-0.1, -0.05) is 12.1 Å². The number of nitrogens with one attached hydrogen (secondary N) is 1. The number of hydrogen-bond acceptors (Lipinski definition) is 4. The Morgan fingerprint density at radius 2 is 1.73 bits per heavy atom. The van der Waals surface area contributed by atoms with Gasteiger partial charge in [-0.2, -0.15) is 18.4 Å². The quantitative estimate of drug-likeness (QED) is 0.657. The predicted octanol–water partition coefficient (Wildman–Crippen LogP) is 2.22. The molecule has 6 nitrogen and oxygen atoms in total. The summed E-state index contributed by atoms with van der Waals surface area (Å²) in [5.41, 5.74) is -1.45. The molecule has 1 aromatic carbocycles. The van der Waals surface area contributed by atoms with Gasteiger partial charge in [0, 0.05) is 39.3 Å². The van der Waals surface area contributed by atoms with Gasteiger partial charge in [-0.05, 0) is 12.1 Å². The molecule has 0 unspecified atom stereocenters. The summed E-state index contributed by atoms with van der Waals surface area (Å²) in [6.07, 6.45) is -3.58. The standard InChI is InChI=1S/C17H17F3N4O2/c1-12(25)23-6-8-24(9-7-23)16(26)13(10-21)11-22-15-5-3-2-4-14(15)17(18,19)20/h2-5,11,22H,6-9H2,1H3/b13-11-. The van der Waals surface area contributed by atoms with Crippen molar-refractivity contribution in [3.8, 4) is 6.07 Å². The zero-order chi connectivity index (χ0) is 19.3. The van der Waals surface area contributed by atoms with Crippen molar-refractivity contribution in [3.63, 3.8) is 0 Å². The van der Waals surface area contributed by atoms with E-state index in [1.54, 1.807) is 11.0 Å². The van der Waals surface area contributed by atoms with Crippen molar-refractivity contribution in [2.75, 3.05) is 31.5 Å². The summed E-state index contributed by atoms with van der Waals surface area (Å²) < 4.78 is 38.9. The van der Waals surface area contributed by atoms with E-state index in [1.807, 2.05) is 0 Å². The second-order valence-corrected chi connectivity index (χ2v) is 5.66. The minimum atomic E-state index is -4.56. The van der Waals surface area contributed by atoms with E-state index in [0.29, 0.717) is 13.1 Å². The summed E-state index contributed by atoms with van der Waals surface area (Å²) in [5, 5.41) is 11.6. The van der Waals surface area contributed by atoms with Crippen LogP contribution in [0.15, 0.2) is 36.0 Å². The normalized spacial score (nSPS) is 15.4. The summed E-state index contributed by atoms with van der Waals surface area (Å²) in [4.78, 5) is 26.6. The van der Waals surface area contributed by atoms with Gasteiger partial charge in [0.2, 0.25) is 5.91 Å². The summed E-state index contributed by atoms with van der Waals surface area (Å²) >= 11 is 0. The van der Waals surface area contributed by atoms with Gasteiger partial charge >= 0.3 is 6.18 Å². The van der Waals surface area contributed by atoms with Crippen LogP contribution >= 0.6 is 0 Å². The van der Waals surface area contributed by atoms with Gasteiger partial charge in [0.25, 0.3) is 5.91 Å². The lowest BCUT2D eigenvalue weighted by Crippen LogP contribution is -2.50. The zero-order valence-electron chi connectivity index (χ0n) is 14.0. The molecule has 0 aromatic heterocycles. The van der Waals surface area contributed by atoms with Crippen LogP contribution in [0.4, 0.5) is 18.9 Å². The molecule has 1 aliphatic heterocycles. The molecule has 138 valence electrons. The topological polar surface area (TPSA) is 76.4 Å². The number of piperazine rings is 1. The maximum atomic E-state index is 13.0. The summed E-state index contributed by atoms with van der Waals surface area (Å²) in [7, 11) is 0. The van der Waals surface area contributed by atoms with E-state index in [9.17, 15) is 28.0 Å². The fraction of sp³-hybridized carbons (Fsp3) is 0.353. The highest BCUT2D eigenvalue weighted by Gasteiger charge is 2.33. The van der Waals surface area contributed by atoms with E-state index in [4.69, 9.17) is 0 Å². The van der Waals surface area contributed by atoms with Gasteiger partial charge in [-0.15, -0.1) is 0 Å². The van der Waals surface area contributed by atoms with Crippen molar-refractivity contribution in [1.82, 2.24) is 9.80 Å². The average molecular weight is 366 g/mol. The molecule has 0 aliphatic carbocycles. The van der Waals surface area contributed by atoms with E-state index < -0.39 is 17.6 Å². The van der Waals surface area contributed by atoms with Crippen molar-refractivity contribution in [2.24, 2.45) is 0 Å². The van der Waals surface area contributed by atoms with Crippen LogP contribution < -0.4 is 5.32 Å². The van der Waals surface area contributed by atoms with Crippen molar-refractivity contribution in [2.45, 2.75) is 13.1 Å². The first kappa shape index (κ1) is 19.3. The number of benzene rings is 1. The minimum absolute atomic E-state index is 0.0985. The first-order valence-corrected chi connectivity index (χ1v) is 7.82. The van der Waals surface area contributed by atoms with Crippen LogP contribution in [0.1, 0.15) is 12.5 Å². The Morgan fingerprint density at radius 3 is 2.27 bits per heavy atom. The highest BCUT2D eigenvalue weighted by Crippen LogP contribution is 2.34. The van der Waals surface area contributed by atoms with Gasteiger partial charge < -0.3 is 15.1 Å². The fourth-order valence-corrected chi connectivity index (χ4v) is 2.54. The Labute approximate surface area is 148 Å². The third-order valence-corrected chi connectivity index (χ3v) is 3.97. The van der Waals surface area contributed by atoms with Gasteiger partial charge in [0.15, 0.2) is 0 Å². The number of hydrogen-bond donors (Lipinski definition) is 1. The van der Waals surface area contributed by atoms with Crippen LogP contribution in [0.3, 0.4) is 0 Å². The largest absolute Gasteiger partial charge is 0.418 e. The molecule has 2 amide bonds. The number of rotatable bonds is 3. The molecule has 1 aromatic rings. The summed E-state index contributed by atoms with van der Waals surface area (Å²) in [5.74, 6) is -0.689. The van der Waals surface area contributed by atoms with E-state index in [2.05, 4.69) is 5.32 Å². The lowest BCUT2D eigenvalue weighted by molar-refractivity contribution is -0.137. The Balaban J connectivity index is 2.11. The number of para-hydroxylation sites is 1. The molecule has 1 aliphatic rings. The zero-order valence-corrected chi connectivity index (χ0v) is 14.0. The summed E-state index contributed by atoms with van der Waals surface area (Å²) in [6.45, 7) is 2.65. The lowest BCUT2D eigenvalue weighted by atomic mass is 10.1. The van der Waals surface area contributed by atoms with E-state index in [0.717, 1.165) is 12.3 Å². The Hall–Kier alpha value is -3.02. The number of nitriles is 1. The molecule has 0 saturated carbocycles. The van der Waals surface area contributed by atoms with E-state index in [1.165, 1.54) is 30.0 Å². The molecule has 0 bridgehead atoms. The van der Waals surface area contributed by atoms with E-state index >= 15 is 0 Å². The average Bonchev–Trinajstić information content (AvgIpc) is 2.61. The van der Waals surface area contributed by atoms with Crippen LogP contribution in [0, 0.1) is 11.3 Å². The van der Waals surface area contributed by atoms with Crippen molar-refractivity contribution in [3.05, 3.63) is 41.6 Å². The highest BCUT2D eigenvalue weighted by atomic mass is 19.4. The predicted molar refractivity (Wildman–Crippen MR) is 87.6 cm³/mol. The SMILES string of the molecule is CC(=O)N1CCN(C(=O)/C(C#N)=C\Nc2ccccc2C(F)(F)F)CC1. The monoisotopic (exact) mass is 366 g/mol. The lowest BCUT2D eigenvalue weighted by Gasteiger charge is -2.34. The van der Waals surface area contributed by atoms with Crippen LogP contribution in [0.25, 0.3) is 0 Å². The van der Waals surface area contributed by atoms with Gasteiger partial charge in [0.05, 0.1) is 11.3 Å². The first-order valence-electron chi connectivity index (χ1n) is 7.82. The number of alkyl halides is 3. The molecule has 9 heteroatoms. The number of nitrogens with zero attached hydrogens (tertiary/aromatic N) is 3. The van der Waals surface area contributed by atoms with Gasteiger partial charge in [-0.3, -0.25) is 9.59 Å². The molecular formula is C17H17F3N4O2. The molecule has 1 N–H and O–H groups in total. The van der Waals surface area contributed by atoms with Crippen molar-refractivity contribution >= 4 is 17.5 Å². The van der Waals surface area contributed by atoms with Crippen molar-refractivity contribution < 1.29 is 22.8 Å². The van der Waals surface area contributed by atoms with Crippen LogP contribution in [0.2, 0.25) is 0 Å². The van der Waals surface area contributed by atoms with Crippen LogP contribution in [0.5, 0.6) is 0 Å². The highest BCUT2D eigenvalue weighted by molar-refractivity contribution is 5.97. The maximum Gasteiger partial charge on any atom is 0.418 e. The smallest absolute Gasteiger partial charge is 0.360 e. The number of anilines is 1. The van der Waals surface area contributed by atoms with Crippen LogP contribution in [-0.4, -0.2) is 47.8 Å². The minimum Gasteiger partial charge on any atom is -0.360 e. The molecular weight excluding hydrogens is 349 g/mol. The Morgan fingerprint density at radius 1 is 1.15 bits per heavy atom. The second-order valence-electron chi connectivity index (χ2n) is 5.66. The molecule has 26 heavy (non-hydrogen) atoms. The molecule has 2 rings (SSSR count). The van der Waals surface area contributed by atoms with Crippen LogP contribution in [-0.2, 0) is 15.8 Å².